The number of aliphatic hydroxyl groups is 1. The van der Waals surface area contributed by atoms with Gasteiger partial charge in [-0.05, 0) is 61.4 Å². The Labute approximate surface area is 221 Å². The topological polar surface area (TPSA) is 102 Å². The van der Waals surface area contributed by atoms with Gasteiger partial charge in [0.05, 0.1) is 38.0 Å². The van der Waals surface area contributed by atoms with Crippen LogP contribution in [0.15, 0.2) is 72.3 Å². The van der Waals surface area contributed by atoms with E-state index < -0.39 is 23.7 Å². The smallest absolute Gasteiger partial charge is 0.338 e. The molecule has 1 unspecified atom stereocenters. The van der Waals surface area contributed by atoms with Crippen molar-refractivity contribution in [2.45, 2.75) is 26.3 Å². The van der Waals surface area contributed by atoms with E-state index in [1.807, 2.05) is 32.0 Å². The first-order valence-corrected chi connectivity index (χ1v) is 12.2. The van der Waals surface area contributed by atoms with Gasteiger partial charge in [0.2, 0.25) is 0 Å². The van der Waals surface area contributed by atoms with Gasteiger partial charge in [0.25, 0.3) is 11.7 Å². The number of rotatable bonds is 8. The van der Waals surface area contributed by atoms with E-state index in [1.165, 1.54) is 19.1 Å². The highest BCUT2D eigenvalue weighted by molar-refractivity contribution is 6.51. The highest BCUT2D eigenvalue weighted by Crippen LogP contribution is 2.43. The molecule has 0 bridgehead atoms. The van der Waals surface area contributed by atoms with Crippen molar-refractivity contribution in [3.63, 3.8) is 0 Å². The minimum Gasteiger partial charge on any atom is -0.507 e. The first-order chi connectivity index (χ1) is 18.3. The Kier molecular flexibility index (Phi) is 7.81. The number of carbonyl (C=O) groups is 3. The maximum absolute atomic E-state index is 13.4. The third-order valence-corrected chi connectivity index (χ3v) is 6.28. The van der Waals surface area contributed by atoms with Crippen molar-refractivity contribution in [2.75, 3.05) is 25.7 Å². The molecular weight excluding hydrogens is 486 g/mol. The van der Waals surface area contributed by atoms with E-state index in [1.54, 1.807) is 48.5 Å². The lowest BCUT2D eigenvalue weighted by molar-refractivity contribution is -0.132. The number of methoxy groups -OCH3 is 2. The van der Waals surface area contributed by atoms with E-state index in [-0.39, 0.29) is 11.3 Å². The van der Waals surface area contributed by atoms with Crippen molar-refractivity contribution >= 4 is 29.1 Å². The average molecular weight is 516 g/mol. The molecule has 3 aromatic carbocycles. The Morgan fingerprint density at radius 2 is 1.61 bits per heavy atom. The van der Waals surface area contributed by atoms with E-state index in [4.69, 9.17) is 14.2 Å². The number of anilines is 1. The Bertz CT molecular complexity index is 1410. The first-order valence-electron chi connectivity index (χ1n) is 12.2. The molecule has 0 spiro atoms. The standard InChI is InChI=1S/C30H29NO7/c1-5-15-38-30(35)19-9-12-22(13-10-19)31-26(20-8-6-7-18(2)16-20)25(28(33)29(31)34)27(32)21-11-14-23(36-3)24(17-21)37-4/h6-14,16-17,26,32H,5,15H2,1-4H3/b27-25-. The van der Waals surface area contributed by atoms with Gasteiger partial charge >= 0.3 is 5.97 Å². The monoisotopic (exact) mass is 515 g/mol. The third-order valence-electron chi connectivity index (χ3n) is 6.28. The number of benzene rings is 3. The molecule has 196 valence electrons. The third kappa shape index (κ3) is 4.98. The lowest BCUT2D eigenvalue weighted by Crippen LogP contribution is -2.29. The normalized spacial score (nSPS) is 16.4. The largest absolute Gasteiger partial charge is 0.507 e. The number of ketones is 1. The number of hydrogen-bond donors (Lipinski definition) is 1. The number of nitrogens with zero attached hydrogens (tertiary/aromatic N) is 1. The van der Waals surface area contributed by atoms with Crippen LogP contribution in [-0.4, -0.2) is 43.6 Å². The molecule has 1 aliphatic heterocycles. The zero-order chi connectivity index (χ0) is 27.4. The summed E-state index contributed by atoms with van der Waals surface area (Å²) in [6.45, 7) is 4.11. The summed E-state index contributed by atoms with van der Waals surface area (Å²) < 4.78 is 15.8. The van der Waals surface area contributed by atoms with Crippen LogP contribution in [0, 0.1) is 6.92 Å². The number of hydrogen-bond acceptors (Lipinski definition) is 7. The van der Waals surface area contributed by atoms with Gasteiger partial charge in [-0.25, -0.2) is 4.79 Å². The quantitative estimate of drug-likeness (QED) is 0.190. The summed E-state index contributed by atoms with van der Waals surface area (Å²) in [6.07, 6.45) is 0.699. The maximum Gasteiger partial charge on any atom is 0.338 e. The molecule has 1 heterocycles. The Hall–Kier alpha value is -4.59. The van der Waals surface area contributed by atoms with Crippen LogP contribution in [0.2, 0.25) is 0 Å². The second kappa shape index (κ2) is 11.2. The van der Waals surface area contributed by atoms with Crippen LogP contribution < -0.4 is 14.4 Å². The summed E-state index contributed by atoms with van der Waals surface area (Å²) in [4.78, 5) is 40.4. The summed E-state index contributed by atoms with van der Waals surface area (Å²) in [5.74, 6) is -1.60. The SMILES string of the molecule is CCCOC(=O)c1ccc(N2C(=O)C(=O)/C(=C(\O)c3ccc(OC)c(OC)c3)C2c2cccc(C)c2)cc1. The lowest BCUT2D eigenvalue weighted by atomic mass is 9.94. The van der Waals surface area contributed by atoms with Crippen molar-refractivity contribution < 1.29 is 33.7 Å². The number of Topliss-reactive ketones (excluding diaryl/α,β-unsaturated/α-hetero) is 1. The number of carbonyl (C=O) groups excluding carboxylic acids is 3. The molecule has 3 aromatic rings. The van der Waals surface area contributed by atoms with Gasteiger partial charge < -0.3 is 19.3 Å². The van der Waals surface area contributed by atoms with Gasteiger partial charge in [-0.2, -0.15) is 0 Å². The van der Waals surface area contributed by atoms with Gasteiger partial charge in [0.1, 0.15) is 5.76 Å². The fourth-order valence-corrected chi connectivity index (χ4v) is 4.43. The molecule has 4 rings (SSSR count). The van der Waals surface area contributed by atoms with Gasteiger partial charge in [0.15, 0.2) is 11.5 Å². The number of ether oxygens (including phenoxy) is 3. The molecule has 1 N–H and O–H groups in total. The minimum atomic E-state index is -0.902. The second-order valence-corrected chi connectivity index (χ2v) is 8.84. The van der Waals surface area contributed by atoms with E-state index in [0.717, 1.165) is 5.56 Å². The Balaban J connectivity index is 1.85. The summed E-state index contributed by atoms with van der Waals surface area (Å²) in [5.41, 5.74) is 2.55. The highest BCUT2D eigenvalue weighted by atomic mass is 16.5. The number of amides is 1. The molecule has 1 aliphatic rings. The van der Waals surface area contributed by atoms with Crippen LogP contribution in [0.4, 0.5) is 5.69 Å². The molecule has 0 saturated carbocycles. The van der Waals surface area contributed by atoms with Crippen LogP contribution in [0.1, 0.15) is 46.4 Å². The average Bonchev–Trinajstić information content (AvgIpc) is 3.20. The van der Waals surface area contributed by atoms with Crippen molar-refractivity contribution in [3.8, 4) is 11.5 Å². The Morgan fingerprint density at radius 3 is 2.24 bits per heavy atom. The predicted octanol–water partition coefficient (Wildman–Crippen LogP) is 5.21. The summed E-state index contributed by atoms with van der Waals surface area (Å²) >= 11 is 0. The molecule has 0 aromatic heterocycles. The molecule has 1 amide bonds. The summed E-state index contributed by atoms with van der Waals surface area (Å²) in [5, 5.41) is 11.4. The minimum absolute atomic E-state index is 0.0562. The van der Waals surface area contributed by atoms with Crippen LogP contribution in [0.3, 0.4) is 0 Å². The predicted molar refractivity (Wildman–Crippen MR) is 143 cm³/mol. The number of esters is 1. The van der Waals surface area contributed by atoms with Crippen LogP contribution in [0.5, 0.6) is 11.5 Å². The van der Waals surface area contributed by atoms with E-state index >= 15 is 0 Å². The zero-order valence-corrected chi connectivity index (χ0v) is 21.7. The van der Waals surface area contributed by atoms with Crippen molar-refractivity contribution in [3.05, 3.63) is 94.6 Å². The second-order valence-electron chi connectivity index (χ2n) is 8.84. The molecule has 1 fully saturated rings. The van der Waals surface area contributed by atoms with Gasteiger partial charge in [-0.1, -0.05) is 36.8 Å². The van der Waals surface area contributed by atoms with Gasteiger partial charge in [0, 0.05) is 11.3 Å². The lowest BCUT2D eigenvalue weighted by Gasteiger charge is -2.26. The summed E-state index contributed by atoms with van der Waals surface area (Å²) in [6, 6.07) is 17.5. The van der Waals surface area contributed by atoms with E-state index in [0.29, 0.717) is 46.9 Å². The van der Waals surface area contributed by atoms with Crippen LogP contribution in [0.25, 0.3) is 5.76 Å². The fraction of sp³-hybridized carbons (Fsp3) is 0.233. The molecule has 1 atom stereocenters. The number of aliphatic hydroxyl groups excluding tert-OH is 1. The van der Waals surface area contributed by atoms with Crippen LogP contribution in [-0.2, 0) is 14.3 Å². The molecule has 38 heavy (non-hydrogen) atoms. The molecular formula is C30H29NO7. The van der Waals surface area contributed by atoms with Gasteiger partial charge in [-0.3, -0.25) is 14.5 Å². The summed E-state index contributed by atoms with van der Waals surface area (Å²) in [7, 11) is 2.96. The van der Waals surface area contributed by atoms with Gasteiger partial charge in [-0.15, -0.1) is 0 Å². The molecule has 8 nitrogen and oxygen atoms in total. The molecule has 1 saturated heterocycles. The highest BCUT2D eigenvalue weighted by Gasteiger charge is 2.47. The van der Waals surface area contributed by atoms with Crippen molar-refractivity contribution in [2.24, 2.45) is 0 Å². The Morgan fingerprint density at radius 1 is 0.921 bits per heavy atom. The molecule has 8 heteroatoms. The van der Waals surface area contributed by atoms with E-state index in [9.17, 15) is 19.5 Å². The van der Waals surface area contributed by atoms with Crippen molar-refractivity contribution in [1.82, 2.24) is 0 Å². The number of aryl methyl sites for hydroxylation is 1. The molecule has 0 radical (unpaired) electrons. The van der Waals surface area contributed by atoms with E-state index in [2.05, 4.69) is 0 Å². The maximum atomic E-state index is 13.4. The van der Waals surface area contributed by atoms with Crippen molar-refractivity contribution in [1.29, 1.82) is 0 Å². The zero-order valence-electron chi connectivity index (χ0n) is 21.7. The first kappa shape index (κ1) is 26.5. The fourth-order valence-electron chi connectivity index (χ4n) is 4.43. The molecule has 0 aliphatic carbocycles. The van der Waals surface area contributed by atoms with Crippen LogP contribution >= 0.6 is 0 Å².